The van der Waals surface area contributed by atoms with Crippen LogP contribution in [0, 0.1) is 6.92 Å². The molecule has 2 aromatic rings. The van der Waals surface area contributed by atoms with Crippen LogP contribution in [0.4, 0.5) is 5.69 Å². The Morgan fingerprint density at radius 2 is 1.78 bits per heavy atom. The number of carbonyl (C=O) groups is 2. The summed E-state index contributed by atoms with van der Waals surface area (Å²) in [6.07, 6.45) is 8.86. The van der Waals surface area contributed by atoms with Crippen molar-refractivity contribution in [3.63, 3.8) is 0 Å². The lowest BCUT2D eigenvalue weighted by atomic mass is 9.94. The topological polar surface area (TPSA) is 62.6 Å². The molecule has 0 radical (unpaired) electrons. The van der Waals surface area contributed by atoms with Gasteiger partial charge in [0.2, 0.25) is 5.91 Å². The predicted octanol–water partition coefficient (Wildman–Crippen LogP) is 4.64. The number of aryl methyl sites for hydroxylation is 1. The number of rotatable bonds is 5. The van der Waals surface area contributed by atoms with Crippen molar-refractivity contribution in [2.45, 2.75) is 45.1 Å². The summed E-state index contributed by atoms with van der Waals surface area (Å²) < 4.78 is 5.39. The number of carbonyl (C=O) groups excluding carboxylic acids is 2. The Hall–Kier alpha value is -2.82. The first-order valence-corrected chi connectivity index (χ1v) is 9.45. The van der Waals surface area contributed by atoms with Crippen molar-refractivity contribution in [2.75, 3.05) is 12.4 Å². The van der Waals surface area contributed by atoms with Gasteiger partial charge in [0.05, 0.1) is 0 Å². The van der Waals surface area contributed by atoms with Crippen molar-refractivity contribution >= 4 is 23.6 Å². The molecule has 5 heteroatoms. The molecule has 1 aliphatic rings. The van der Waals surface area contributed by atoms with Crippen LogP contribution in [0.25, 0.3) is 6.08 Å². The molecule has 1 N–H and O–H groups in total. The van der Waals surface area contributed by atoms with Gasteiger partial charge in [-0.1, -0.05) is 19.3 Å². The molecule has 1 aromatic carbocycles. The molecular formula is C22H26N2O3. The molecule has 0 unspecified atom stereocenters. The second-order valence-electron chi connectivity index (χ2n) is 7.06. The Bertz CT molecular complexity index is 814. The van der Waals surface area contributed by atoms with E-state index < -0.39 is 0 Å². The first kappa shape index (κ1) is 19.0. The number of nitrogens with zero attached hydrogens (tertiary/aromatic N) is 1. The lowest BCUT2D eigenvalue weighted by molar-refractivity contribution is -0.111. The highest BCUT2D eigenvalue weighted by atomic mass is 16.3. The van der Waals surface area contributed by atoms with Crippen molar-refractivity contribution in [3.8, 4) is 0 Å². The molecule has 5 nitrogen and oxygen atoms in total. The van der Waals surface area contributed by atoms with Crippen LogP contribution in [0.5, 0.6) is 0 Å². The van der Waals surface area contributed by atoms with E-state index in [-0.39, 0.29) is 11.8 Å². The van der Waals surface area contributed by atoms with Gasteiger partial charge in [-0.3, -0.25) is 9.59 Å². The number of anilines is 1. The molecule has 1 fully saturated rings. The minimum absolute atomic E-state index is 0.0351. The highest BCUT2D eigenvalue weighted by Crippen LogP contribution is 2.23. The Morgan fingerprint density at radius 1 is 1.07 bits per heavy atom. The molecule has 1 aromatic heterocycles. The summed E-state index contributed by atoms with van der Waals surface area (Å²) in [7, 11) is 1.88. The molecule has 0 aliphatic heterocycles. The van der Waals surface area contributed by atoms with Crippen molar-refractivity contribution in [3.05, 3.63) is 59.6 Å². The van der Waals surface area contributed by atoms with Gasteiger partial charge in [-0.2, -0.15) is 0 Å². The average molecular weight is 366 g/mol. The number of benzene rings is 1. The Morgan fingerprint density at radius 3 is 2.41 bits per heavy atom. The maximum atomic E-state index is 12.7. The fourth-order valence-corrected chi connectivity index (χ4v) is 3.42. The average Bonchev–Trinajstić information content (AvgIpc) is 3.12. The molecule has 1 saturated carbocycles. The quantitative estimate of drug-likeness (QED) is 0.784. The zero-order valence-corrected chi connectivity index (χ0v) is 15.9. The van der Waals surface area contributed by atoms with Crippen molar-refractivity contribution in [2.24, 2.45) is 0 Å². The van der Waals surface area contributed by atoms with Crippen molar-refractivity contribution in [1.82, 2.24) is 4.90 Å². The Kier molecular flexibility index (Phi) is 6.12. The summed E-state index contributed by atoms with van der Waals surface area (Å²) >= 11 is 0. The third kappa shape index (κ3) is 5.09. The van der Waals surface area contributed by atoms with E-state index in [1.807, 2.05) is 31.0 Å². The van der Waals surface area contributed by atoms with Crippen molar-refractivity contribution in [1.29, 1.82) is 0 Å². The second-order valence-corrected chi connectivity index (χ2v) is 7.06. The second kappa shape index (κ2) is 8.71. The van der Waals surface area contributed by atoms with E-state index in [0.717, 1.165) is 18.6 Å². The highest BCUT2D eigenvalue weighted by molar-refractivity contribution is 6.02. The van der Waals surface area contributed by atoms with Gasteiger partial charge in [-0.15, -0.1) is 0 Å². The molecule has 3 rings (SSSR count). The number of amides is 2. The maximum Gasteiger partial charge on any atom is 0.253 e. The normalized spacial score (nSPS) is 15.0. The van der Waals surface area contributed by atoms with E-state index in [0.29, 0.717) is 23.1 Å². The summed E-state index contributed by atoms with van der Waals surface area (Å²) in [6.45, 7) is 1.85. The first-order valence-electron chi connectivity index (χ1n) is 9.45. The lowest BCUT2D eigenvalue weighted by Crippen LogP contribution is -2.38. The molecule has 27 heavy (non-hydrogen) atoms. The van der Waals surface area contributed by atoms with Gasteiger partial charge in [0, 0.05) is 30.4 Å². The third-order valence-electron chi connectivity index (χ3n) is 5.00. The van der Waals surface area contributed by atoms with Crippen LogP contribution in [0.1, 0.15) is 54.0 Å². The minimum atomic E-state index is -0.248. The molecule has 0 saturated heterocycles. The SMILES string of the molecule is Cc1ccc(/C=C/C(=O)Nc2ccc(C(=O)N(C)C3CCCCC3)cc2)o1. The van der Waals surface area contributed by atoms with Gasteiger partial charge < -0.3 is 14.6 Å². The minimum Gasteiger partial charge on any atom is -0.462 e. The van der Waals surface area contributed by atoms with Gasteiger partial charge in [-0.25, -0.2) is 0 Å². The lowest BCUT2D eigenvalue weighted by Gasteiger charge is -2.31. The number of nitrogens with one attached hydrogen (secondary N) is 1. The molecule has 1 aliphatic carbocycles. The van der Waals surface area contributed by atoms with Crippen LogP contribution in [0.2, 0.25) is 0 Å². The fourth-order valence-electron chi connectivity index (χ4n) is 3.42. The van der Waals surface area contributed by atoms with Crippen LogP contribution < -0.4 is 5.32 Å². The molecular weight excluding hydrogens is 340 g/mol. The smallest absolute Gasteiger partial charge is 0.253 e. The molecule has 2 amide bonds. The summed E-state index contributed by atoms with van der Waals surface area (Å²) in [5, 5.41) is 2.79. The number of hydrogen-bond acceptors (Lipinski definition) is 3. The van der Waals surface area contributed by atoms with E-state index in [9.17, 15) is 9.59 Å². The van der Waals surface area contributed by atoms with Crippen LogP contribution in [0.3, 0.4) is 0 Å². The van der Waals surface area contributed by atoms with Crippen LogP contribution in [-0.4, -0.2) is 29.8 Å². The number of hydrogen-bond donors (Lipinski definition) is 1. The van der Waals surface area contributed by atoms with Gasteiger partial charge in [-0.05, 0) is 62.2 Å². The zero-order valence-electron chi connectivity index (χ0n) is 15.9. The summed E-state index contributed by atoms with van der Waals surface area (Å²) in [5.41, 5.74) is 1.29. The van der Waals surface area contributed by atoms with Gasteiger partial charge >= 0.3 is 0 Å². The molecule has 0 spiro atoms. The zero-order chi connectivity index (χ0) is 19.2. The van der Waals surface area contributed by atoms with Crippen LogP contribution >= 0.6 is 0 Å². The monoisotopic (exact) mass is 366 g/mol. The molecule has 0 bridgehead atoms. The third-order valence-corrected chi connectivity index (χ3v) is 5.00. The van der Waals surface area contributed by atoms with Gasteiger partial charge in [0.15, 0.2) is 0 Å². The highest BCUT2D eigenvalue weighted by Gasteiger charge is 2.22. The Labute approximate surface area is 160 Å². The molecule has 1 heterocycles. The summed E-state index contributed by atoms with van der Waals surface area (Å²) in [5.74, 6) is 1.22. The maximum absolute atomic E-state index is 12.7. The Balaban J connectivity index is 1.57. The van der Waals surface area contributed by atoms with Gasteiger partial charge in [0.25, 0.3) is 5.91 Å². The molecule has 142 valence electrons. The largest absolute Gasteiger partial charge is 0.462 e. The van der Waals surface area contributed by atoms with E-state index in [1.165, 1.54) is 25.3 Å². The summed E-state index contributed by atoms with van der Waals surface area (Å²) in [6, 6.07) is 11.0. The van der Waals surface area contributed by atoms with E-state index in [1.54, 1.807) is 30.3 Å². The summed E-state index contributed by atoms with van der Waals surface area (Å²) in [4.78, 5) is 26.5. The first-order chi connectivity index (χ1) is 13.0. The van der Waals surface area contributed by atoms with Crippen LogP contribution in [0.15, 0.2) is 46.9 Å². The van der Waals surface area contributed by atoms with Crippen LogP contribution in [-0.2, 0) is 4.79 Å². The standard InChI is InChI=1S/C22H26N2O3/c1-16-8-13-20(27-16)14-15-21(25)23-18-11-9-17(10-12-18)22(26)24(2)19-6-4-3-5-7-19/h8-15,19H,3-7H2,1-2H3,(H,23,25)/b15-14+. The van der Waals surface area contributed by atoms with Crippen molar-refractivity contribution < 1.29 is 14.0 Å². The molecule has 0 atom stereocenters. The predicted molar refractivity (Wildman–Crippen MR) is 107 cm³/mol. The van der Waals surface area contributed by atoms with E-state index in [2.05, 4.69) is 5.32 Å². The number of furan rings is 1. The van der Waals surface area contributed by atoms with Gasteiger partial charge in [0.1, 0.15) is 11.5 Å². The fraction of sp³-hybridized carbons (Fsp3) is 0.364. The van der Waals surface area contributed by atoms with E-state index >= 15 is 0 Å². The van der Waals surface area contributed by atoms with E-state index in [4.69, 9.17) is 4.42 Å².